The van der Waals surface area contributed by atoms with Crippen molar-refractivity contribution in [3.05, 3.63) is 167 Å². The molecule has 8 aromatic rings. The number of aryl methyl sites for hydroxylation is 1. The first-order chi connectivity index (χ1) is 34.7. The van der Waals surface area contributed by atoms with Crippen LogP contribution in [-0.4, -0.2) is 19.6 Å². The van der Waals surface area contributed by atoms with Crippen LogP contribution < -0.4 is 0 Å². The molecule has 0 unspecified atom stereocenters. The number of hydrogen-bond acceptors (Lipinski definition) is 3. The van der Waals surface area contributed by atoms with Gasteiger partial charge in [-0.05, 0) is 100 Å². The van der Waals surface area contributed by atoms with Crippen LogP contribution in [0.4, 0.5) is 0 Å². The minimum Gasteiger partial charge on any atom is -0.507 e. The Morgan fingerprint density at radius 1 is 0.667 bits per heavy atom. The normalized spacial score (nSPS) is 15.4. The third kappa shape index (κ3) is 9.11. The second-order valence-corrected chi connectivity index (χ2v) is 18.7. The molecule has 2 aromatic heterocycles. The van der Waals surface area contributed by atoms with Crippen molar-refractivity contribution >= 4 is 11.0 Å². The van der Waals surface area contributed by atoms with Crippen molar-refractivity contribution < 1.29 is 44.0 Å². The van der Waals surface area contributed by atoms with E-state index in [0.29, 0.717) is 44.8 Å². The summed E-state index contributed by atoms with van der Waals surface area (Å²) in [6.45, 7) is 15.1. The number of aromatic nitrogens is 3. The first kappa shape index (κ1) is 31.3. The number of aromatic hydroxyl groups is 1. The van der Waals surface area contributed by atoms with Gasteiger partial charge in [0.1, 0.15) is 11.6 Å². The summed E-state index contributed by atoms with van der Waals surface area (Å²) in [6, 6.07) is 25.6. The molecule has 5 heteroatoms. The Hall–Kier alpha value is -5.57. The van der Waals surface area contributed by atoms with Crippen LogP contribution in [0.25, 0.3) is 72.7 Å². The zero-order chi connectivity index (χ0) is 55.3. The number of nitrogens with zero attached hydrogens (tertiary/aromatic N) is 3. The molecular formula is C58H60N3OPt-. The number of pyridine rings is 1. The smallest absolute Gasteiger partial charge is 0.148 e. The molecule has 0 aliphatic heterocycles. The van der Waals surface area contributed by atoms with E-state index in [-0.39, 0.29) is 60.9 Å². The number of fused-ring (bicyclic) bond motifs is 1. The van der Waals surface area contributed by atoms with Crippen molar-refractivity contribution in [3.8, 4) is 67.5 Å². The summed E-state index contributed by atoms with van der Waals surface area (Å²) >= 11 is 0. The predicted octanol–water partition coefficient (Wildman–Crippen LogP) is 15.7. The number of phenolic OH excluding ortho intramolecular Hbond substituents is 1. The third-order valence-corrected chi connectivity index (χ3v) is 11.4. The van der Waals surface area contributed by atoms with E-state index >= 15 is 0 Å². The molecule has 0 bridgehead atoms. The van der Waals surface area contributed by atoms with Gasteiger partial charge in [-0.25, -0.2) is 4.98 Å². The number of imidazole rings is 1. The van der Waals surface area contributed by atoms with Gasteiger partial charge in [-0.2, -0.15) is 0 Å². The van der Waals surface area contributed by atoms with E-state index in [1.54, 1.807) is 24.3 Å². The second-order valence-electron chi connectivity index (χ2n) is 18.7. The number of benzene rings is 6. The summed E-state index contributed by atoms with van der Waals surface area (Å²) in [5.41, 5.74) is 5.96. The summed E-state index contributed by atoms with van der Waals surface area (Å²) in [5.74, 6) is 0.436. The van der Waals surface area contributed by atoms with Crippen LogP contribution in [0.3, 0.4) is 0 Å². The first-order valence-electron chi connectivity index (χ1n) is 27.5. The molecule has 0 spiro atoms. The fourth-order valence-electron chi connectivity index (χ4n) is 7.76. The zero-order valence-electron chi connectivity index (χ0n) is 50.3. The van der Waals surface area contributed by atoms with Crippen LogP contribution in [0, 0.1) is 19.8 Å². The topological polar surface area (TPSA) is 50.9 Å². The molecule has 0 saturated heterocycles. The van der Waals surface area contributed by atoms with Crippen molar-refractivity contribution in [1.82, 2.24) is 14.5 Å². The van der Waals surface area contributed by atoms with Crippen LogP contribution >= 0.6 is 0 Å². The molecule has 0 amide bonds. The minimum atomic E-state index is -2.99. The molecule has 1 N–H and O–H groups in total. The largest absolute Gasteiger partial charge is 0.507 e. The van der Waals surface area contributed by atoms with E-state index < -0.39 is 78.2 Å². The number of phenols is 1. The van der Waals surface area contributed by atoms with E-state index in [0.717, 1.165) is 27.8 Å². The van der Waals surface area contributed by atoms with Crippen LogP contribution in [0.15, 0.2) is 127 Å². The maximum atomic E-state index is 12.4. The maximum Gasteiger partial charge on any atom is 0.148 e. The standard InChI is InChI=1S/C58H60N3O.Pt/c1-35(2)42-32-48(36(3)4)55(62)50(33-42)56-60-54-47(14-13-15-53(54)61(56)52-25-18-38(6)28-49(52)40-21-23-45(24-22-40)57(7,8)9)43-29-44(31-46(30-43)58(10,11)12)51-34-41(26-27-59-51)39-19-16-37(5)17-20-39;/h13-28,30-36,62H,1-12H3;/q-1;/i5D3,6D3,16D,17D,19D,20D,26D,27D,34D;. The van der Waals surface area contributed by atoms with Crippen LogP contribution in [0.2, 0.25) is 0 Å². The van der Waals surface area contributed by atoms with Crippen LogP contribution in [0.1, 0.15) is 132 Å². The van der Waals surface area contributed by atoms with Gasteiger partial charge in [-0.15, -0.1) is 29.3 Å². The third-order valence-electron chi connectivity index (χ3n) is 11.4. The number of para-hydroxylation sites is 1. The molecule has 0 radical (unpaired) electrons. The molecule has 8 rings (SSSR count). The van der Waals surface area contributed by atoms with Gasteiger partial charge < -0.3 is 5.11 Å². The Morgan fingerprint density at radius 3 is 2.02 bits per heavy atom. The van der Waals surface area contributed by atoms with Gasteiger partial charge in [0.2, 0.25) is 0 Å². The maximum absolute atomic E-state index is 12.4. The van der Waals surface area contributed by atoms with Gasteiger partial charge in [0.05, 0.1) is 31.9 Å². The number of rotatable bonds is 8. The predicted molar refractivity (Wildman–Crippen MR) is 262 cm³/mol. The summed E-state index contributed by atoms with van der Waals surface area (Å²) in [6.07, 6.45) is -0.619. The molecule has 0 aliphatic carbocycles. The van der Waals surface area contributed by atoms with E-state index in [2.05, 4.69) is 45.7 Å². The molecule has 324 valence electrons. The monoisotopic (exact) mass is 1020 g/mol. The summed E-state index contributed by atoms with van der Waals surface area (Å²) in [7, 11) is 0. The molecule has 6 aromatic carbocycles. The van der Waals surface area contributed by atoms with Gasteiger partial charge >= 0.3 is 0 Å². The van der Waals surface area contributed by atoms with E-state index in [9.17, 15) is 6.48 Å². The van der Waals surface area contributed by atoms with Crippen molar-refractivity contribution in [2.24, 2.45) is 0 Å². The van der Waals surface area contributed by atoms with Gasteiger partial charge in [-0.3, -0.25) is 9.55 Å². The Balaban J connectivity index is 0.00000840. The molecule has 0 atom stereocenters. The van der Waals surface area contributed by atoms with Gasteiger partial charge in [0, 0.05) is 46.7 Å². The Morgan fingerprint density at radius 2 is 1.37 bits per heavy atom. The zero-order valence-corrected chi connectivity index (χ0v) is 39.6. The average Bonchev–Trinajstić information content (AvgIpc) is 3.71. The molecule has 0 fully saturated rings. The Labute approximate surface area is 408 Å². The molecule has 0 aliphatic rings. The molecule has 63 heavy (non-hydrogen) atoms. The van der Waals surface area contributed by atoms with E-state index in [4.69, 9.17) is 21.4 Å². The van der Waals surface area contributed by atoms with Crippen molar-refractivity contribution in [2.45, 2.75) is 106 Å². The SMILES string of the molecule is [2H]c1nc(-c2[c-]c(-c3cccc4c3nc(-c3cc(C(C)C)cc(C(C)C)c3O)n4-c3ccc(C([2H])([2H])[2H])cc3-c3ccc(C(C)(C)C)cc3)cc(C(C)(C)C)c2)c([2H])c(-c2c([2H])c([2H])c(C([2H])([2H])[2H])c([2H])c2[2H])c1[2H].[Pt]. The molecule has 2 heterocycles. The molecule has 4 nitrogen and oxygen atoms in total. The van der Waals surface area contributed by atoms with Crippen LogP contribution in [0.5, 0.6) is 5.75 Å². The van der Waals surface area contributed by atoms with Gasteiger partial charge in [0.15, 0.2) is 0 Å². The fraction of sp³-hybridized carbons (Fsp3) is 0.276. The van der Waals surface area contributed by atoms with E-state index in [1.165, 1.54) is 0 Å². The summed E-state index contributed by atoms with van der Waals surface area (Å²) < 4.78 is 113. The quantitative estimate of drug-likeness (QED) is 0.154. The Kier molecular flexibility index (Phi) is 8.71. The summed E-state index contributed by atoms with van der Waals surface area (Å²) in [5, 5.41) is 12.4. The molecule has 0 saturated carbocycles. The minimum absolute atomic E-state index is 0. The number of hydrogen-bond donors (Lipinski definition) is 1. The van der Waals surface area contributed by atoms with Crippen LogP contribution in [-0.2, 0) is 31.9 Å². The fourth-order valence-corrected chi connectivity index (χ4v) is 7.76. The Bertz CT molecular complexity index is 3550. The first-order valence-corrected chi connectivity index (χ1v) is 21.0. The van der Waals surface area contributed by atoms with Crippen molar-refractivity contribution in [3.63, 3.8) is 0 Å². The van der Waals surface area contributed by atoms with Crippen molar-refractivity contribution in [2.75, 3.05) is 0 Å². The van der Waals surface area contributed by atoms with Gasteiger partial charge in [0.25, 0.3) is 0 Å². The van der Waals surface area contributed by atoms with Gasteiger partial charge in [-0.1, -0.05) is 170 Å². The molecular weight excluding hydrogens is 950 g/mol. The second kappa shape index (κ2) is 17.5. The van der Waals surface area contributed by atoms with E-state index in [1.807, 2.05) is 99.8 Å². The average molecular weight is 1020 g/mol. The summed E-state index contributed by atoms with van der Waals surface area (Å²) in [4.78, 5) is 9.86. The van der Waals surface area contributed by atoms with Crippen molar-refractivity contribution in [1.29, 1.82) is 0 Å².